The average Bonchev–Trinajstić information content (AvgIpc) is 2.83. The molecular weight excluding hydrogens is 422 g/mol. The smallest absolute Gasteiger partial charge is 0.314 e. The number of hydrogen-bond donors (Lipinski definition) is 5. The number of nitrogens with two attached hydrogens (primary N) is 1. The van der Waals surface area contributed by atoms with Crippen LogP contribution >= 0.6 is 0 Å². The van der Waals surface area contributed by atoms with Crippen LogP contribution in [0.1, 0.15) is 41.3 Å². The Morgan fingerprint density at radius 3 is 2.55 bits per heavy atom. The number of nitrogens with zero attached hydrogens (tertiary/aromatic N) is 2. The Morgan fingerprint density at radius 2 is 1.97 bits per heavy atom. The van der Waals surface area contributed by atoms with E-state index in [4.69, 9.17) is 15.9 Å². The molecule has 0 saturated carbocycles. The van der Waals surface area contributed by atoms with Crippen LogP contribution in [-0.4, -0.2) is 60.8 Å². The summed E-state index contributed by atoms with van der Waals surface area (Å²) >= 11 is 0. The number of rotatable bonds is 9. The summed E-state index contributed by atoms with van der Waals surface area (Å²) in [4.78, 5) is 30.5. The second-order valence-corrected chi connectivity index (χ2v) is 7.76. The summed E-state index contributed by atoms with van der Waals surface area (Å²) in [6.45, 7) is 3.99. The minimum absolute atomic E-state index is 0.0318. The number of nitrogens with one attached hydrogen (secondary N) is 4. The Balaban J connectivity index is 1.81. The minimum Gasteiger partial charge on any atom is -0.497 e. The number of methoxy groups -OCH3 is 1. The molecular formula is C23H31N7O3. The third-order valence-corrected chi connectivity index (χ3v) is 5.62. The summed E-state index contributed by atoms with van der Waals surface area (Å²) in [6, 6.07) is 7.07. The Kier molecular flexibility index (Phi) is 8.06. The molecule has 1 aromatic heterocycles. The van der Waals surface area contributed by atoms with Crippen LogP contribution in [0.5, 0.6) is 5.75 Å². The Bertz CT molecular complexity index is 986. The molecule has 1 fully saturated rings. The molecule has 0 bridgehead atoms. The molecule has 10 nitrogen and oxygen atoms in total. The van der Waals surface area contributed by atoms with E-state index in [2.05, 4.69) is 20.9 Å². The number of piperidine rings is 1. The zero-order valence-corrected chi connectivity index (χ0v) is 19.0. The lowest BCUT2D eigenvalue weighted by Crippen LogP contribution is -2.45. The van der Waals surface area contributed by atoms with Crippen LogP contribution in [-0.2, 0) is 6.54 Å². The van der Waals surface area contributed by atoms with Gasteiger partial charge < -0.3 is 36.7 Å². The van der Waals surface area contributed by atoms with Crippen molar-refractivity contribution < 1.29 is 14.3 Å². The van der Waals surface area contributed by atoms with E-state index < -0.39 is 6.03 Å². The Hall–Kier alpha value is -3.82. The molecule has 0 radical (unpaired) electrons. The van der Waals surface area contributed by atoms with Gasteiger partial charge in [-0.05, 0) is 37.5 Å². The van der Waals surface area contributed by atoms with Crippen LogP contribution in [0.4, 0.5) is 16.3 Å². The molecule has 6 N–H and O–H groups in total. The largest absolute Gasteiger partial charge is 0.497 e. The summed E-state index contributed by atoms with van der Waals surface area (Å²) in [5.41, 5.74) is 7.76. The number of aromatic nitrogens is 1. The maximum absolute atomic E-state index is 13.1. The van der Waals surface area contributed by atoms with Crippen LogP contribution in [0.15, 0.2) is 30.5 Å². The van der Waals surface area contributed by atoms with Crippen LogP contribution in [0.3, 0.4) is 0 Å². The molecule has 1 saturated heterocycles. The zero-order chi connectivity index (χ0) is 23.8. The molecule has 1 aliphatic rings. The van der Waals surface area contributed by atoms with Gasteiger partial charge in [0.05, 0.1) is 23.9 Å². The topological polar surface area (TPSA) is 145 Å². The molecule has 1 aromatic carbocycles. The second kappa shape index (κ2) is 11.2. The number of anilines is 2. The number of ether oxygens (including phenoxy) is 1. The van der Waals surface area contributed by atoms with E-state index in [1.54, 1.807) is 12.0 Å². The number of benzene rings is 1. The number of pyridine rings is 1. The number of hydrogen-bond acceptors (Lipinski definition) is 7. The summed E-state index contributed by atoms with van der Waals surface area (Å²) in [5, 5.41) is 17.5. The van der Waals surface area contributed by atoms with Crippen molar-refractivity contribution >= 4 is 29.7 Å². The predicted molar refractivity (Wildman–Crippen MR) is 128 cm³/mol. The first kappa shape index (κ1) is 23.8. The van der Waals surface area contributed by atoms with Crippen LogP contribution in [0, 0.1) is 5.41 Å². The van der Waals surface area contributed by atoms with E-state index in [1.807, 2.05) is 31.2 Å². The third-order valence-electron chi connectivity index (χ3n) is 5.62. The van der Waals surface area contributed by atoms with Gasteiger partial charge in [-0.3, -0.25) is 4.79 Å². The fraction of sp³-hybridized carbons (Fsp3) is 0.391. The zero-order valence-electron chi connectivity index (χ0n) is 19.0. The third kappa shape index (κ3) is 5.91. The minimum atomic E-state index is -0.425. The lowest BCUT2D eigenvalue weighted by molar-refractivity contribution is 0.0951. The maximum atomic E-state index is 13.1. The summed E-state index contributed by atoms with van der Waals surface area (Å²) < 4.78 is 5.17. The van der Waals surface area contributed by atoms with Crippen molar-refractivity contribution in [1.29, 1.82) is 5.41 Å². The van der Waals surface area contributed by atoms with Gasteiger partial charge in [0.1, 0.15) is 11.6 Å². The molecule has 2 heterocycles. The molecule has 0 atom stereocenters. The highest BCUT2D eigenvalue weighted by Gasteiger charge is 2.25. The fourth-order valence-electron chi connectivity index (χ4n) is 3.77. The van der Waals surface area contributed by atoms with Crippen molar-refractivity contribution in [2.75, 3.05) is 37.4 Å². The molecule has 176 valence electrons. The highest BCUT2D eigenvalue weighted by atomic mass is 16.5. The molecule has 3 amide bonds. The number of urea groups is 1. The molecule has 10 heteroatoms. The van der Waals surface area contributed by atoms with Crippen molar-refractivity contribution in [1.82, 2.24) is 15.2 Å². The number of likely N-dealkylation sites (tertiary alicyclic amines) is 1. The summed E-state index contributed by atoms with van der Waals surface area (Å²) in [5.74, 6) is 0.996. The first-order valence-corrected chi connectivity index (χ1v) is 11.0. The standard InChI is InChI=1S/C23H31N7O3/c1-3-26-21-18(12-24)20(29-16-8-10-30(11-9-16)23(25)32)19(14-27-21)22(31)28-13-15-4-6-17(33-2)7-5-15/h4-7,12,14,16,24H,3,8-11,13H2,1-2H3,(H2,25,32)(H,28,31)(H2,26,27,29). The van der Waals surface area contributed by atoms with Gasteiger partial charge in [-0.15, -0.1) is 0 Å². The summed E-state index contributed by atoms with van der Waals surface area (Å²) in [7, 11) is 1.61. The van der Waals surface area contributed by atoms with Gasteiger partial charge in [0.25, 0.3) is 5.91 Å². The number of primary amides is 1. The van der Waals surface area contributed by atoms with Gasteiger partial charge in [0.2, 0.25) is 0 Å². The molecule has 0 unspecified atom stereocenters. The van der Waals surface area contributed by atoms with Gasteiger partial charge in [0, 0.05) is 44.6 Å². The first-order valence-electron chi connectivity index (χ1n) is 11.0. The van der Waals surface area contributed by atoms with Gasteiger partial charge in [-0.25, -0.2) is 9.78 Å². The molecule has 33 heavy (non-hydrogen) atoms. The second-order valence-electron chi connectivity index (χ2n) is 7.76. The van der Waals surface area contributed by atoms with E-state index in [9.17, 15) is 9.59 Å². The lowest BCUT2D eigenvalue weighted by atomic mass is 10.0. The monoisotopic (exact) mass is 453 g/mol. The van der Waals surface area contributed by atoms with E-state index in [-0.39, 0.29) is 11.9 Å². The van der Waals surface area contributed by atoms with Gasteiger partial charge in [-0.2, -0.15) is 0 Å². The number of amides is 3. The Morgan fingerprint density at radius 1 is 1.27 bits per heavy atom. The molecule has 0 aliphatic carbocycles. The Labute approximate surface area is 193 Å². The SMILES string of the molecule is CCNc1ncc(C(=O)NCc2ccc(OC)cc2)c(NC2CCN(C(N)=O)CC2)c1C=N. The van der Waals surface area contributed by atoms with Crippen molar-refractivity contribution in [3.05, 3.63) is 47.2 Å². The normalized spacial score (nSPS) is 13.8. The van der Waals surface area contributed by atoms with Crippen molar-refractivity contribution in [3.8, 4) is 5.75 Å². The molecule has 1 aliphatic heterocycles. The van der Waals surface area contributed by atoms with Crippen molar-refractivity contribution in [2.24, 2.45) is 5.73 Å². The number of carbonyl (C=O) groups is 2. The van der Waals surface area contributed by atoms with Crippen molar-refractivity contribution in [3.63, 3.8) is 0 Å². The predicted octanol–water partition coefficient (Wildman–Crippen LogP) is 2.40. The van der Waals surface area contributed by atoms with Gasteiger partial charge >= 0.3 is 6.03 Å². The van der Waals surface area contributed by atoms with E-state index >= 15 is 0 Å². The van der Waals surface area contributed by atoms with Crippen LogP contribution < -0.4 is 26.4 Å². The van der Waals surface area contributed by atoms with E-state index in [1.165, 1.54) is 12.4 Å². The quantitative estimate of drug-likeness (QED) is 0.369. The highest BCUT2D eigenvalue weighted by molar-refractivity contribution is 6.05. The summed E-state index contributed by atoms with van der Waals surface area (Å²) in [6.07, 6.45) is 4.10. The average molecular weight is 454 g/mol. The fourth-order valence-corrected chi connectivity index (χ4v) is 3.77. The maximum Gasteiger partial charge on any atom is 0.314 e. The molecule has 0 spiro atoms. The van der Waals surface area contributed by atoms with E-state index in [0.717, 1.165) is 11.3 Å². The first-order chi connectivity index (χ1) is 16.0. The lowest BCUT2D eigenvalue weighted by Gasteiger charge is -2.32. The molecule has 3 rings (SSSR count). The van der Waals surface area contributed by atoms with Gasteiger partial charge in [0.15, 0.2) is 0 Å². The molecule has 2 aromatic rings. The van der Waals surface area contributed by atoms with Crippen molar-refractivity contribution in [2.45, 2.75) is 32.4 Å². The number of carbonyl (C=O) groups excluding carboxylic acids is 2. The van der Waals surface area contributed by atoms with E-state index in [0.29, 0.717) is 61.7 Å². The van der Waals surface area contributed by atoms with Crippen LogP contribution in [0.2, 0.25) is 0 Å². The van der Waals surface area contributed by atoms with Gasteiger partial charge in [-0.1, -0.05) is 12.1 Å². The highest BCUT2D eigenvalue weighted by Crippen LogP contribution is 2.28. The van der Waals surface area contributed by atoms with Crippen LogP contribution in [0.25, 0.3) is 0 Å².